The summed E-state index contributed by atoms with van der Waals surface area (Å²) < 4.78 is 0. The highest BCUT2D eigenvalue weighted by atomic mass is 15.0. The van der Waals surface area contributed by atoms with Crippen LogP contribution in [0.5, 0.6) is 0 Å². The van der Waals surface area contributed by atoms with Gasteiger partial charge >= 0.3 is 0 Å². The van der Waals surface area contributed by atoms with E-state index in [1.165, 1.54) is 0 Å². The number of fused-ring (bicyclic) bond motifs is 1. The molecule has 0 bridgehead atoms. The summed E-state index contributed by atoms with van der Waals surface area (Å²) in [4.78, 5) is 12.7. The van der Waals surface area contributed by atoms with Crippen molar-refractivity contribution in [1.29, 1.82) is 0 Å². The van der Waals surface area contributed by atoms with E-state index in [4.69, 9.17) is 5.73 Å². The lowest BCUT2D eigenvalue weighted by molar-refractivity contribution is 1.06. The number of nitrogens with zero attached hydrogens (tertiary/aromatic N) is 3. The highest BCUT2D eigenvalue weighted by Gasteiger charge is 2.04. The fourth-order valence-electron chi connectivity index (χ4n) is 2.01. The zero-order chi connectivity index (χ0) is 13.2. The molecule has 3 aromatic rings. The second-order valence-electron chi connectivity index (χ2n) is 4.23. The molecule has 5 nitrogen and oxygen atoms in total. The third-order valence-electron chi connectivity index (χ3n) is 2.77. The molecule has 0 saturated carbocycles. The van der Waals surface area contributed by atoms with Crippen molar-refractivity contribution in [3.05, 3.63) is 48.4 Å². The Bertz CT molecular complexity index is 713. The SMILES string of the molecule is Cc1nc(N)cc(Nc2cccc3ncccc23)n1. The smallest absolute Gasteiger partial charge is 0.136 e. The first-order valence-electron chi connectivity index (χ1n) is 5.94. The third-order valence-corrected chi connectivity index (χ3v) is 2.77. The Morgan fingerprint density at radius 2 is 2.00 bits per heavy atom. The van der Waals surface area contributed by atoms with Gasteiger partial charge in [0.05, 0.1) is 5.52 Å². The molecule has 0 saturated heterocycles. The molecule has 19 heavy (non-hydrogen) atoms. The lowest BCUT2D eigenvalue weighted by atomic mass is 10.2. The molecular formula is C14H13N5. The van der Waals surface area contributed by atoms with Crippen molar-refractivity contribution in [2.24, 2.45) is 0 Å². The molecule has 0 aliphatic heterocycles. The number of nitrogen functional groups attached to an aromatic ring is 1. The van der Waals surface area contributed by atoms with Crippen LogP contribution in [0.15, 0.2) is 42.6 Å². The van der Waals surface area contributed by atoms with Crippen molar-refractivity contribution < 1.29 is 0 Å². The van der Waals surface area contributed by atoms with Gasteiger partial charge in [0, 0.05) is 23.3 Å². The number of hydrogen-bond donors (Lipinski definition) is 2. The molecule has 5 heteroatoms. The number of benzene rings is 1. The summed E-state index contributed by atoms with van der Waals surface area (Å²) in [6, 6.07) is 11.5. The summed E-state index contributed by atoms with van der Waals surface area (Å²) in [5.41, 5.74) is 7.61. The minimum absolute atomic E-state index is 0.452. The van der Waals surface area contributed by atoms with Crippen LogP contribution in [0.4, 0.5) is 17.3 Å². The molecule has 0 atom stereocenters. The van der Waals surface area contributed by atoms with E-state index < -0.39 is 0 Å². The predicted octanol–water partition coefficient (Wildman–Crippen LogP) is 2.66. The van der Waals surface area contributed by atoms with Crippen LogP contribution in [0.3, 0.4) is 0 Å². The summed E-state index contributed by atoms with van der Waals surface area (Å²) in [6.45, 7) is 1.81. The molecule has 1 aromatic carbocycles. The maximum Gasteiger partial charge on any atom is 0.136 e. The van der Waals surface area contributed by atoms with Gasteiger partial charge in [0.25, 0.3) is 0 Å². The summed E-state index contributed by atoms with van der Waals surface area (Å²) >= 11 is 0. The summed E-state index contributed by atoms with van der Waals surface area (Å²) in [5.74, 6) is 1.77. The summed E-state index contributed by atoms with van der Waals surface area (Å²) in [5, 5.41) is 4.30. The standard InChI is InChI=1S/C14H13N5/c1-9-17-13(15)8-14(18-9)19-12-6-2-5-11-10(12)4-3-7-16-11/h2-8H,1H3,(H3,15,17,18,19). The molecular weight excluding hydrogens is 238 g/mol. The topological polar surface area (TPSA) is 76.7 Å². The van der Waals surface area contributed by atoms with Crippen molar-refractivity contribution in [2.75, 3.05) is 11.1 Å². The highest BCUT2D eigenvalue weighted by molar-refractivity contribution is 5.92. The largest absolute Gasteiger partial charge is 0.384 e. The van der Waals surface area contributed by atoms with E-state index in [1.54, 1.807) is 12.3 Å². The van der Waals surface area contributed by atoms with Gasteiger partial charge in [-0.3, -0.25) is 4.98 Å². The maximum absolute atomic E-state index is 5.72. The average Bonchev–Trinajstić information content (AvgIpc) is 2.38. The number of nitrogens with one attached hydrogen (secondary N) is 1. The van der Waals surface area contributed by atoms with Crippen LogP contribution in [-0.4, -0.2) is 15.0 Å². The summed E-state index contributed by atoms with van der Waals surface area (Å²) in [7, 11) is 0. The van der Waals surface area contributed by atoms with Gasteiger partial charge in [-0.1, -0.05) is 6.07 Å². The van der Waals surface area contributed by atoms with Gasteiger partial charge in [0.15, 0.2) is 0 Å². The van der Waals surface area contributed by atoms with E-state index in [0.29, 0.717) is 17.5 Å². The fourth-order valence-corrected chi connectivity index (χ4v) is 2.01. The second kappa shape index (κ2) is 4.53. The molecule has 0 fully saturated rings. The molecule has 0 radical (unpaired) electrons. The van der Waals surface area contributed by atoms with E-state index in [9.17, 15) is 0 Å². The molecule has 2 aromatic heterocycles. The number of hydrogen-bond acceptors (Lipinski definition) is 5. The first-order chi connectivity index (χ1) is 9.22. The summed E-state index contributed by atoms with van der Waals surface area (Å²) in [6.07, 6.45) is 1.78. The van der Waals surface area contributed by atoms with Gasteiger partial charge in [-0.15, -0.1) is 0 Å². The Kier molecular flexibility index (Phi) is 2.72. The quantitative estimate of drug-likeness (QED) is 0.732. The zero-order valence-electron chi connectivity index (χ0n) is 10.5. The van der Waals surface area contributed by atoms with Crippen LogP contribution < -0.4 is 11.1 Å². The molecule has 2 heterocycles. The molecule has 0 unspecified atom stereocenters. The molecule has 3 rings (SSSR count). The van der Waals surface area contributed by atoms with Gasteiger partial charge < -0.3 is 11.1 Å². The Morgan fingerprint density at radius 3 is 2.84 bits per heavy atom. The van der Waals surface area contributed by atoms with Crippen LogP contribution >= 0.6 is 0 Å². The monoisotopic (exact) mass is 251 g/mol. The normalized spacial score (nSPS) is 10.6. The molecule has 0 spiro atoms. The van der Waals surface area contributed by atoms with Gasteiger partial charge in [-0.05, 0) is 31.2 Å². The predicted molar refractivity (Wildman–Crippen MR) is 76.2 cm³/mol. The first-order valence-corrected chi connectivity index (χ1v) is 5.94. The lowest BCUT2D eigenvalue weighted by Crippen LogP contribution is -2.01. The Labute approximate surface area is 110 Å². The number of nitrogens with two attached hydrogens (primary N) is 1. The number of aromatic nitrogens is 3. The second-order valence-corrected chi connectivity index (χ2v) is 4.23. The fraction of sp³-hybridized carbons (Fsp3) is 0.0714. The third kappa shape index (κ3) is 2.30. The molecule has 0 amide bonds. The van der Waals surface area contributed by atoms with Gasteiger partial charge in [-0.2, -0.15) is 0 Å². The Hall–Kier alpha value is -2.69. The van der Waals surface area contributed by atoms with E-state index in [2.05, 4.69) is 20.3 Å². The minimum atomic E-state index is 0.452. The average molecular weight is 251 g/mol. The van der Waals surface area contributed by atoms with Crippen molar-refractivity contribution in [3.8, 4) is 0 Å². The van der Waals surface area contributed by atoms with Crippen molar-refractivity contribution in [1.82, 2.24) is 15.0 Å². The van der Waals surface area contributed by atoms with E-state index >= 15 is 0 Å². The Morgan fingerprint density at radius 1 is 1.11 bits per heavy atom. The van der Waals surface area contributed by atoms with E-state index in [-0.39, 0.29) is 0 Å². The van der Waals surface area contributed by atoms with E-state index in [0.717, 1.165) is 16.6 Å². The van der Waals surface area contributed by atoms with Crippen molar-refractivity contribution in [2.45, 2.75) is 6.92 Å². The molecule has 0 aliphatic rings. The highest BCUT2D eigenvalue weighted by Crippen LogP contribution is 2.24. The number of aryl methyl sites for hydroxylation is 1. The Balaban J connectivity index is 2.05. The first kappa shape index (κ1) is 11.4. The van der Waals surface area contributed by atoms with Crippen LogP contribution in [0.25, 0.3) is 10.9 Å². The van der Waals surface area contributed by atoms with E-state index in [1.807, 2.05) is 37.3 Å². The zero-order valence-corrected chi connectivity index (χ0v) is 10.5. The van der Waals surface area contributed by atoms with Crippen molar-refractivity contribution in [3.63, 3.8) is 0 Å². The molecule has 94 valence electrons. The molecule has 0 aliphatic carbocycles. The lowest BCUT2D eigenvalue weighted by Gasteiger charge is -2.09. The molecule has 3 N–H and O–H groups in total. The van der Waals surface area contributed by atoms with Crippen molar-refractivity contribution >= 4 is 28.2 Å². The van der Waals surface area contributed by atoms with Gasteiger partial charge in [0.1, 0.15) is 17.5 Å². The van der Waals surface area contributed by atoms with Gasteiger partial charge in [-0.25, -0.2) is 9.97 Å². The van der Waals surface area contributed by atoms with Crippen LogP contribution in [-0.2, 0) is 0 Å². The van der Waals surface area contributed by atoms with Crippen LogP contribution in [0.1, 0.15) is 5.82 Å². The van der Waals surface area contributed by atoms with Crippen LogP contribution in [0, 0.1) is 6.92 Å². The minimum Gasteiger partial charge on any atom is -0.384 e. The number of rotatable bonds is 2. The number of pyridine rings is 1. The van der Waals surface area contributed by atoms with Crippen LogP contribution in [0.2, 0.25) is 0 Å². The van der Waals surface area contributed by atoms with Gasteiger partial charge in [0.2, 0.25) is 0 Å². The number of anilines is 3. The maximum atomic E-state index is 5.72.